The number of hydrogen-bond donors (Lipinski definition) is 1. The van der Waals surface area contributed by atoms with Gasteiger partial charge in [0.2, 0.25) is 0 Å². The maximum Gasteiger partial charge on any atom is 0.306 e. The molecule has 0 aromatic heterocycles. The number of carbonyl (C=O) groups is 2. The van der Waals surface area contributed by atoms with E-state index >= 15 is 0 Å². The van der Waals surface area contributed by atoms with Gasteiger partial charge in [-0.1, -0.05) is 160 Å². The molecule has 44 heavy (non-hydrogen) atoms. The number of unbranched alkanes of at least 4 members (excludes halogenated alkanes) is 22. The number of hydrogen-bond acceptors (Lipinski definition) is 3. The highest BCUT2D eigenvalue weighted by Gasteiger charge is 2.14. The summed E-state index contributed by atoms with van der Waals surface area (Å²) in [7, 11) is 0. The van der Waals surface area contributed by atoms with Gasteiger partial charge in [-0.2, -0.15) is 0 Å². The summed E-state index contributed by atoms with van der Waals surface area (Å²) in [6, 6.07) is 0. The van der Waals surface area contributed by atoms with E-state index in [9.17, 15) is 9.59 Å². The average molecular weight is 619 g/mol. The predicted octanol–water partition coefficient (Wildman–Crippen LogP) is 13.2. The second-order valence-electron chi connectivity index (χ2n) is 13.1. The Morgan fingerprint density at radius 2 is 0.932 bits per heavy atom. The number of allylic oxidation sites excluding steroid dienone is 4. The SMILES string of the molecule is CCC/C=C\C/C=C\CCCCCCCC(=O)OC(CCCCCCCCCCCCCCC)CCCCCCCC(=O)O. The molecule has 0 aliphatic heterocycles. The summed E-state index contributed by atoms with van der Waals surface area (Å²) in [5.74, 6) is -0.710. The first-order valence-electron chi connectivity index (χ1n) is 19.3. The zero-order valence-electron chi connectivity index (χ0n) is 29.5. The Hall–Kier alpha value is -1.58. The molecule has 4 nitrogen and oxygen atoms in total. The molecule has 0 heterocycles. The zero-order chi connectivity index (χ0) is 32.2. The minimum Gasteiger partial charge on any atom is -0.481 e. The molecule has 0 bridgehead atoms. The summed E-state index contributed by atoms with van der Waals surface area (Å²) in [5.41, 5.74) is 0. The number of carboxylic acids is 1. The third-order valence-electron chi connectivity index (χ3n) is 8.66. The Bertz CT molecular complexity index is 668. The van der Waals surface area contributed by atoms with E-state index in [1.165, 1.54) is 109 Å². The summed E-state index contributed by atoms with van der Waals surface area (Å²) < 4.78 is 5.99. The smallest absolute Gasteiger partial charge is 0.306 e. The van der Waals surface area contributed by atoms with Crippen LogP contribution in [0.3, 0.4) is 0 Å². The van der Waals surface area contributed by atoms with Gasteiger partial charge in [0.25, 0.3) is 0 Å². The van der Waals surface area contributed by atoms with E-state index in [1.807, 2.05) is 0 Å². The van der Waals surface area contributed by atoms with Crippen LogP contribution in [0.25, 0.3) is 0 Å². The van der Waals surface area contributed by atoms with Gasteiger partial charge in [0.1, 0.15) is 6.10 Å². The van der Waals surface area contributed by atoms with Crippen molar-refractivity contribution in [3.63, 3.8) is 0 Å². The highest BCUT2D eigenvalue weighted by atomic mass is 16.5. The van der Waals surface area contributed by atoms with Crippen LogP contribution >= 0.6 is 0 Å². The second-order valence-corrected chi connectivity index (χ2v) is 13.1. The van der Waals surface area contributed by atoms with Gasteiger partial charge in [-0.3, -0.25) is 9.59 Å². The van der Waals surface area contributed by atoms with Crippen LogP contribution in [-0.2, 0) is 14.3 Å². The molecular formula is C40H74O4. The van der Waals surface area contributed by atoms with E-state index in [-0.39, 0.29) is 18.5 Å². The summed E-state index contributed by atoms with van der Waals surface area (Å²) in [4.78, 5) is 23.3. The maximum absolute atomic E-state index is 12.6. The van der Waals surface area contributed by atoms with E-state index < -0.39 is 5.97 Å². The Morgan fingerprint density at radius 1 is 0.500 bits per heavy atom. The van der Waals surface area contributed by atoms with Gasteiger partial charge >= 0.3 is 11.9 Å². The first-order chi connectivity index (χ1) is 21.6. The van der Waals surface area contributed by atoms with E-state index in [0.29, 0.717) is 6.42 Å². The highest BCUT2D eigenvalue weighted by Crippen LogP contribution is 2.19. The minimum absolute atomic E-state index is 0.00906. The molecule has 0 saturated heterocycles. The molecule has 258 valence electrons. The number of rotatable bonds is 35. The van der Waals surface area contributed by atoms with Crippen molar-refractivity contribution in [3.05, 3.63) is 24.3 Å². The number of ether oxygens (including phenoxy) is 1. The summed E-state index contributed by atoms with van der Waals surface area (Å²) >= 11 is 0. The van der Waals surface area contributed by atoms with Crippen LogP contribution in [-0.4, -0.2) is 23.1 Å². The van der Waals surface area contributed by atoms with Crippen LogP contribution in [0.15, 0.2) is 24.3 Å². The van der Waals surface area contributed by atoms with Gasteiger partial charge in [0.15, 0.2) is 0 Å². The Labute approximate surface area is 274 Å². The van der Waals surface area contributed by atoms with Gasteiger partial charge in [-0.05, 0) is 64.2 Å². The monoisotopic (exact) mass is 619 g/mol. The Kier molecular flexibility index (Phi) is 34.6. The fourth-order valence-corrected chi connectivity index (χ4v) is 5.81. The van der Waals surface area contributed by atoms with Gasteiger partial charge in [0.05, 0.1) is 0 Å². The molecule has 0 radical (unpaired) electrons. The molecule has 0 spiro atoms. The molecule has 0 fully saturated rings. The molecule has 0 aromatic rings. The lowest BCUT2D eigenvalue weighted by atomic mass is 10.0. The fraction of sp³-hybridized carbons (Fsp3) is 0.850. The molecule has 0 rings (SSSR count). The summed E-state index contributed by atoms with van der Waals surface area (Å²) in [5, 5.41) is 8.81. The van der Waals surface area contributed by atoms with Crippen LogP contribution in [0.1, 0.15) is 213 Å². The van der Waals surface area contributed by atoms with Gasteiger partial charge in [-0.25, -0.2) is 0 Å². The maximum atomic E-state index is 12.6. The minimum atomic E-state index is -0.701. The fourth-order valence-electron chi connectivity index (χ4n) is 5.81. The van der Waals surface area contributed by atoms with Gasteiger partial charge < -0.3 is 9.84 Å². The van der Waals surface area contributed by atoms with Crippen LogP contribution in [0.4, 0.5) is 0 Å². The summed E-state index contributed by atoms with van der Waals surface area (Å²) in [6.45, 7) is 4.49. The Balaban J connectivity index is 4.06. The normalized spacial score (nSPS) is 12.4. The van der Waals surface area contributed by atoms with E-state index in [4.69, 9.17) is 9.84 Å². The number of esters is 1. The molecule has 4 heteroatoms. The van der Waals surface area contributed by atoms with Crippen molar-refractivity contribution in [1.82, 2.24) is 0 Å². The lowest BCUT2D eigenvalue weighted by Gasteiger charge is -2.18. The average Bonchev–Trinajstić information content (AvgIpc) is 3.00. The van der Waals surface area contributed by atoms with Gasteiger partial charge in [-0.15, -0.1) is 0 Å². The number of carboxylic acid groups (broad SMARTS) is 1. The molecule has 1 N–H and O–H groups in total. The van der Waals surface area contributed by atoms with Crippen molar-refractivity contribution in [1.29, 1.82) is 0 Å². The molecule has 0 amide bonds. The van der Waals surface area contributed by atoms with Gasteiger partial charge in [0, 0.05) is 12.8 Å². The number of carbonyl (C=O) groups excluding carboxylic acids is 1. The first-order valence-corrected chi connectivity index (χ1v) is 19.3. The summed E-state index contributed by atoms with van der Waals surface area (Å²) in [6.07, 6.45) is 44.7. The third-order valence-corrected chi connectivity index (χ3v) is 8.66. The largest absolute Gasteiger partial charge is 0.481 e. The Morgan fingerprint density at radius 3 is 1.43 bits per heavy atom. The van der Waals surface area contributed by atoms with Crippen molar-refractivity contribution in [2.75, 3.05) is 0 Å². The van der Waals surface area contributed by atoms with Crippen molar-refractivity contribution < 1.29 is 19.4 Å². The third kappa shape index (κ3) is 34.9. The topological polar surface area (TPSA) is 63.6 Å². The highest BCUT2D eigenvalue weighted by molar-refractivity contribution is 5.69. The van der Waals surface area contributed by atoms with Crippen LogP contribution < -0.4 is 0 Å². The predicted molar refractivity (Wildman–Crippen MR) is 190 cm³/mol. The van der Waals surface area contributed by atoms with Crippen molar-refractivity contribution in [3.8, 4) is 0 Å². The van der Waals surface area contributed by atoms with E-state index in [0.717, 1.165) is 77.0 Å². The lowest BCUT2D eigenvalue weighted by Crippen LogP contribution is -2.18. The van der Waals surface area contributed by atoms with Crippen LogP contribution in [0, 0.1) is 0 Å². The van der Waals surface area contributed by atoms with Crippen LogP contribution in [0.2, 0.25) is 0 Å². The van der Waals surface area contributed by atoms with Crippen molar-refractivity contribution in [2.45, 2.75) is 219 Å². The molecule has 0 aliphatic rings. The molecular weight excluding hydrogens is 544 g/mol. The van der Waals surface area contributed by atoms with Crippen molar-refractivity contribution >= 4 is 11.9 Å². The van der Waals surface area contributed by atoms with Crippen LogP contribution in [0.5, 0.6) is 0 Å². The molecule has 0 saturated carbocycles. The molecule has 1 atom stereocenters. The quantitative estimate of drug-likeness (QED) is 0.0436. The van der Waals surface area contributed by atoms with E-state index in [2.05, 4.69) is 38.2 Å². The molecule has 0 aliphatic carbocycles. The van der Waals surface area contributed by atoms with Crippen molar-refractivity contribution in [2.24, 2.45) is 0 Å². The second kappa shape index (κ2) is 35.9. The number of aliphatic carboxylic acids is 1. The molecule has 1 unspecified atom stereocenters. The lowest BCUT2D eigenvalue weighted by molar-refractivity contribution is -0.150. The van der Waals surface area contributed by atoms with E-state index in [1.54, 1.807) is 0 Å². The molecule has 0 aromatic carbocycles. The zero-order valence-corrected chi connectivity index (χ0v) is 29.5. The standard InChI is InChI=1S/C40H74O4/c1-3-5-7-9-11-13-15-17-19-21-23-26-30-34-38(35-31-27-25-28-32-36-39(41)42)44-40(43)37-33-29-24-22-20-18-16-14-12-10-8-6-4-2/h8,10,14,16,38H,3-7,9,11-13,15,17-37H2,1-2H3,(H,41,42)/b10-8-,16-14-. The first kappa shape index (κ1) is 42.4.